The van der Waals surface area contributed by atoms with Crippen LogP contribution in [0, 0.1) is 6.57 Å². The van der Waals surface area contributed by atoms with Crippen LogP contribution in [0.3, 0.4) is 0 Å². The molecule has 25 heavy (non-hydrogen) atoms. The molecule has 0 spiro atoms. The third-order valence-electron chi connectivity index (χ3n) is 4.90. The van der Waals surface area contributed by atoms with Gasteiger partial charge in [-0.3, -0.25) is 0 Å². The van der Waals surface area contributed by atoms with E-state index in [2.05, 4.69) is 24.8 Å². The maximum Gasteiger partial charge on any atom is 0.187 e. The van der Waals surface area contributed by atoms with Gasteiger partial charge in [-0.05, 0) is 53.2 Å². The summed E-state index contributed by atoms with van der Waals surface area (Å²) < 4.78 is 24.7. The molecular weight excluding hydrogens is 330 g/mol. The van der Waals surface area contributed by atoms with E-state index in [1.807, 2.05) is 43.3 Å². The van der Waals surface area contributed by atoms with Crippen LogP contribution in [0.25, 0.3) is 16.5 Å². The van der Waals surface area contributed by atoms with E-state index in [0.29, 0.717) is 17.0 Å². The van der Waals surface area contributed by atoms with Crippen molar-refractivity contribution in [2.45, 2.75) is 37.5 Å². The quantitative estimate of drug-likeness (QED) is 0.547. The van der Waals surface area contributed by atoms with Gasteiger partial charge in [-0.2, -0.15) is 0 Å². The number of sulfone groups is 1. The number of nitrogens with zero attached hydrogens (tertiary/aromatic N) is 1. The maximum absolute atomic E-state index is 12.3. The van der Waals surface area contributed by atoms with Gasteiger partial charge in [0.2, 0.25) is 0 Å². The normalized spacial score (nSPS) is 18.2. The molecule has 2 aromatic rings. The highest BCUT2D eigenvalue weighted by atomic mass is 32.2. The van der Waals surface area contributed by atoms with Crippen molar-refractivity contribution in [1.82, 2.24) is 0 Å². The Morgan fingerprint density at radius 3 is 2.48 bits per heavy atom. The summed E-state index contributed by atoms with van der Waals surface area (Å²) in [6, 6.07) is 13.1. The molecule has 2 aromatic carbocycles. The molecule has 128 valence electrons. The summed E-state index contributed by atoms with van der Waals surface area (Å²) in [6.07, 6.45) is 2.71. The van der Waals surface area contributed by atoms with Gasteiger partial charge >= 0.3 is 0 Å². The molecule has 0 saturated carbocycles. The zero-order valence-corrected chi connectivity index (χ0v) is 15.5. The molecule has 4 heteroatoms. The second-order valence-corrected chi connectivity index (χ2v) is 9.27. The first-order chi connectivity index (χ1) is 11.7. The predicted octanol–water partition coefficient (Wildman–Crippen LogP) is 5.25. The lowest BCUT2D eigenvalue weighted by molar-refractivity contribution is 0.473. The predicted molar refractivity (Wildman–Crippen MR) is 102 cm³/mol. The Hall–Kier alpha value is -2.38. The maximum atomic E-state index is 12.3. The van der Waals surface area contributed by atoms with E-state index in [1.165, 1.54) is 0 Å². The second-order valence-electron chi connectivity index (χ2n) is 7.19. The first-order valence-electron chi connectivity index (χ1n) is 8.26. The van der Waals surface area contributed by atoms with Crippen molar-refractivity contribution in [3.05, 3.63) is 70.6 Å². The van der Waals surface area contributed by atoms with Crippen molar-refractivity contribution in [3.63, 3.8) is 0 Å². The van der Waals surface area contributed by atoms with Gasteiger partial charge in [0.25, 0.3) is 0 Å². The minimum Gasteiger partial charge on any atom is -0.238 e. The van der Waals surface area contributed by atoms with Crippen LogP contribution in [0.4, 0.5) is 5.69 Å². The third-order valence-corrected chi connectivity index (χ3v) is 6.67. The lowest BCUT2D eigenvalue weighted by Gasteiger charge is -2.32. The Labute approximate surface area is 149 Å². The summed E-state index contributed by atoms with van der Waals surface area (Å²) >= 11 is 0. The average Bonchev–Trinajstić information content (AvgIpc) is 2.59. The Bertz CT molecular complexity index is 991. The van der Waals surface area contributed by atoms with Crippen molar-refractivity contribution in [2.24, 2.45) is 0 Å². The highest BCUT2D eigenvalue weighted by Gasteiger charge is 2.35. The number of rotatable bonds is 2. The number of hydrogen-bond acceptors (Lipinski definition) is 2. The number of fused-ring (bicyclic) bond motifs is 1. The van der Waals surface area contributed by atoms with Gasteiger partial charge in [0, 0.05) is 0 Å². The molecule has 1 heterocycles. The van der Waals surface area contributed by atoms with Crippen molar-refractivity contribution in [2.75, 3.05) is 5.75 Å². The molecule has 0 unspecified atom stereocenters. The van der Waals surface area contributed by atoms with Crippen molar-refractivity contribution in [3.8, 4) is 0 Å². The van der Waals surface area contributed by atoms with E-state index >= 15 is 0 Å². The van der Waals surface area contributed by atoms with Crippen LogP contribution >= 0.6 is 0 Å². The number of benzene rings is 2. The molecule has 0 saturated heterocycles. The molecule has 0 aromatic heterocycles. The van der Waals surface area contributed by atoms with Gasteiger partial charge in [0.1, 0.15) is 0 Å². The van der Waals surface area contributed by atoms with E-state index in [-0.39, 0.29) is 11.2 Å². The van der Waals surface area contributed by atoms with Crippen LogP contribution in [-0.2, 0) is 15.3 Å². The third kappa shape index (κ3) is 3.38. The lowest BCUT2D eigenvalue weighted by atomic mass is 9.81. The first-order valence-corrected chi connectivity index (χ1v) is 9.92. The topological polar surface area (TPSA) is 38.5 Å². The number of allylic oxidation sites excluding steroid dienone is 1. The molecule has 0 fully saturated rings. The molecule has 3 rings (SSSR count). The van der Waals surface area contributed by atoms with Crippen LogP contribution in [0.15, 0.2) is 47.4 Å². The molecule has 0 atom stereocenters. The summed E-state index contributed by atoms with van der Waals surface area (Å²) in [6.45, 7) is 13.2. The van der Waals surface area contributed by atoms with Crippen LogP contribution in [0.5, 0.6) is 0 Å². The highest BCUT2D eigenvalue weighted by molar-refractivity contribution is 7.91. The molecular formula is C21H21NO2S. The van der Waals surface area contributed by atoms with Crippen LogP contribution < -0.4 is 0 Å². The van der Waals surface area contributed by atoms with Crippen molar-refractivity contribution < 1.29 is 8.42 Å². The zero-order valence-electron chi connectivity index (χ0n) is 14.7. The monoisotopic (exact) mass is 351 g/mol. The zero-order chi connectivity index (χ0) is 18.2. The highest BCUT2D eigenvalue weighted by Crippen LogP contribution is 2.39. The minimum atomic E-state index is -3.17. The van der Waals surface area contributed by atoms with Crippen molar-refractivity contribution >= 4 is 27.2 Å². The Morgan fingerprint density at radius 2 is 1.84 bits per heavy atom. The fraction of sp³-hybridized carbons (Fsp3) is 0.286. The first kappa shape index (κ1) is 17.4. The lowest BCUT2D eigenvalue weighted by Crippen LogP contribution is -2.30. The van der Waals surface area contributed by atoms with Crippen LogP contribution in [-0.4, -0.2) is 14.2 Å². The van der Waals surface area contributed by atoms with E-state index in [0.717, 1.165) is 22.3 Å². The summed E-state index contributed by atoms with van der Waals surface area (Å²) in [5.74, 6) is 0.217. The Morgan fingerprint density at radius 1 is 1.16 bits per heavy atom. The van der Waals surface area contributed by atoms with Gasteiger partial charge in [0.15, 0.2) is 15.5 Å². The molecule has 1 aliphatic heterocycles. The average molecular weight is 351 g/mol. The molecule has 0 aliphatic carbocycles. The van der Waals surface area contributed by atoms with E-state index < -0.39 is 9.84 Å². The van der Waals surface area contributed by atoms with E-state index in [1.54, 1.807) is 6.07 Å². The number of hydrogen-bond donors (Lipinski definition) is 0. The van der Waals surface area contributed by atoms with E-state index in [9.17, 15) is 8.42 Å². The van der Waals surface area contributed by atoms with Crippen LogP contribution in [0.2, 0.25) is 0 Å². The molecule has 0 radical (unpaired) electrons. The van der Waals surface area contributed by atoms with Gasteiger partial charge < -0.3 is 0 Å². The molecule has 1 aliphatic rings. The smallest absolute Gasteiger partial charge is 0.187 e. The molecule has 3 nitrogen and oxygen atoms in total. The Kier molecular flexibility index (Phi) is 4.30. The van der Waals surface area contributed by atoms with Gasteiger partial charge in [-0.15, -0.1) is 0 Å². The SMILES string of the molecule is [C-]#[N+]c1ccc(/C(C)=C\c2ccc3c(c2)C(C)(C)CCS3(=O)=O)cc1. The minimum absolute atomic E-state index is 0.143. The standard InChI is InChI=1S/C21H21NO2S/c1-15(17-6-8-18(22-4)9-7-17)13-16-5-10-20-19(14-16)21(2,3)11-12-25(20,23)24/h5-10,13-14H,11-12H2,1-3H3/b15-13-. The van der Waals surface area contributed by atoms with Crippen molar-refractivity contribution in [1.29, 1.82) is 0 Å². The fourth-order valence-electron chi connectivity index (χ4n) is 3.20. The van der Waals surface area contributed by atoms with Gasteiger partial charge in [0.05, 0.1) is 17.2 Å². The molecule has 0 bridgehead atoms. The molecule has 0 N–H and O–H groups in total. The molecule has 0 amide bonds. The summed E-state index contributed by atoms with van der Waals surface area (Å²) in [4.78, 5) is 3.88. The van der Waals surface area contributed by atoms with E-state index in [4.69, 9.17) is 6.57 Å². The van der Waals surface area contributed by atoms with Crippen LogP contribution in [0.1, 0.15) is 43.9 Å². The van der Waals surface area contributed by atoms with Gasteiger partial charge in [-0.25, -0.2) is 13.3 Å². The summed E-state index contributed by atoms with van der Waals surface area (Å²) in [7, 11) is -3.17. The largest absolute Gasteiger partial charge is 0.238 e. The van der Waals surface area contributed by atoms with Gasteiger partial charge in [-0.1, -0.05) is 50.3 Å². The fourth-order valence-corrected chi connectivity index (χ4v) is 5.15. The second kappa shape index (κ2) is 6.16. The summed E-state index contributed by atoms with van der Waals surface area (Å²) in [5.41, 5.74) is 4.51. The summed E-state index contributed by atoms with van der Waals surface area (Å²) in [5, 5.41) is 0. The Balaban J connectivity index is 2.03.